The first-order valence-corrected chi connectivity index (χ1v) is 12.0. The van der Waals surface area contributed by atoms with Crippen LogP contribution in [0.2, 0.25) is 0 Å². The molecule has 0 unspecified atom stereocenters. The molecular weight excluding hydrogens is 430 g/mol. The molecule has 0 aliphatic carbocycles. The summed E-state index contributed by atoms with van der Waals surface area (Å²) in [7, 11) is 0. The summed E-state index contributed by atoms with van der Waals surface area (Å²) >= 11 is 1.53. The average molecular weight is 458 g/mol. The van der Waals surface area contributed by atoms with Crippen molar-refractivity contribution in [1.29, 1.82) is 0 Å². The Morgan fingerprint density at radius 3 is 1.79 bits per heavy atom. The molecule has 6 heteroatoms. The van der Waals surface area contributed by atoms with Crippen molar-refractivity contribution >= 4 is 11.8 Å². The molecule has 0 saturated heterocycles. The monoisotopic (exact) mass is 457 g/mol. The van der Waals surface area contributed by atoms with E-state index in [1.54, 1.807) is 0 Å². The largest absolute Gasteiger partial charge is 0.494 e. The van der Waals surface area contributed by atoms with Crippen LogP contribution in [0.15, 0.2) is 78.0 Å². The molecule has 168 valence electrons. The predicted octanol–water partition coefficient (Wildman–Crippen LogP) is 6.39. The predicted molar refractivity (Wildman–Crippen MR) is 134 cm³/mol. The van der Waals surface area contributed by atoms with Gasteiger partial charge in [0.15, 0.2) is 0 Å². The molecule has 0 bridgehead atoms. The summed E-state index contributed by atoms with van der Waals surface area (Å²) in [6.07, 6.45) is 0. The van der Waals surface area contributed by atoms with Gasteiger partial charge in [-0.15, -0.1) is 10.2 Å². The van der Waals surface area contributed by atoms with E-state index < -0.39 is 0 Å². The molecule has 0 aliphatic rings. The van der Waals surface area contributed by atoms with Crippen LogP contribution in [0.25, 0.3) is 22.5 Å². The summed E-state index contributed by atoms with van der Waals surface area (Å²) < 4.78 is 11.3. The van der Waals surface area contributed by atoms with Crippen molar-refractivity contribution in [2.75, 3.05) is 19.0 Å². The minimum Gasteiger partial charge on any atom is -0.494 e. The molecule has 0 fully saturated rings. The summed E-state index contributed by atoms with van der Waals surface area (Å²) in [6.45, 7) is 7.31. The van der Waals surface area contributed by atoms with E-state index in [0.717, 1.165) is 34.0 Å². The first-order chi connectivity index (χ1) is 16.1. The molecule has 1 aromatic heterocycles. The van der Waals surface area contributed by atoms with Gasteiger partial charge >= 0.3 is 0 Å². The summed E-state index contributed by atoms with van der Waals surface area (Å²) in [5, 5.41) is 9.58. The highest BCUT2D eigenvalue weighted by atomic mass is 32.2. The summed E-state index contributed by atoms with van der Waals surface area (Å²) in [4.78, 5) is 4.87. The maximum atomic E-state index is 5.84. The van der Waals surface area contributed by atoms with Gasteiger partial charge in [-0.2, -0.15) is 0 Å². The van der Waals surface area contributed by atoms with E-state index in [9.17, 15) is 0 Å². The summed E-state index contributed by atoms with van der Waals surface area (Å²) in [5.41, 5.74) is 6.07. The molecule has 0 N–H and O–H groups in total. The van der Waals surface area contributed by atoms with Crippen molar-refractivity contribution in [2.24, 2.45) is 0 Å². The van der Waals surface area contributed by atoms with Crippen LogP contribution in [0.5, 0.6) is 11.5 Å². The third-order valence-corrected chi connectivity index (χ3v) is 5.84. The highest BCUT2D eigenvalue weighted by Crippen LogP contribution is 2.30. The third-order valence-electron chi connectivity index (χ3n) is 5.04. The normalized spacial score (nSPS) is 10.8. The number of hydrogen-bond acceptors (Lipinski definition) is 6. The number of nitrogens with zero attached hydrogens (tertiary/aromatic N) is 3. The van der Waals surface area contributed by atoms with Crippen LogP contribution in [0.3, 0.4) is 0 Å². The Hall–Kier alpha value is -3.38. The molecule has 3 aromatic carbocycles. The average Bonchev–Trinajstić information content (AvgIpc) is 2.84. The number of aromatic nitrogens is 3. The van der Waals surface area contributed by atoms with Gasteiger partial charge in [-0.05, 0) is 45.0 Å². The van der Waals surface area contributed by atoms with Crippen molar-refractivity contribution in [3.63, 3.8) is 0 Å². The first-order valence-electron chi connectivity index (χ1n) is 11.0. The van der Waals surface area contributed by atoms with Crippen LogP contribution < -0.4 is 9.47 Å². The van der Waals surface area contributed by atoms with Gasteiger partial charge in [0.2, 0.25) is 5.16 Å². The number of rotatable bonds is 9. The van der Waals surface area contributed by atoms with E-state index in [0.29, 0.717) is 24.1 Å². The van der Waals surface area contributed by atoms with Crippen LogP contribution in [0, 0.1) is 13.8 Å². The Kier molecular flexibility index (Phi) is 7.58. The second-order valence-electron chi connectivity index (χ2n) is 7.62. The number of benzene rings is 3. The van der Waals surface area contributed by atoms with Gasteiger partial charge in [0.1, 0.15) is 22.9 Å². The number of hydrogen-bond donors (Lipinski definition) is 0. The molecule has 4 rings (SSSR count). The molecule has 4 aromatic rings. The van der Waals surface area contributed by atoms with Crippen molar-refractivity contribution < 1.29 is 9.47 Å². The highest BCUT2D eigenvalue weighted by Gasteiger charge is 2.14. The third kappa shape index (κ3) is 6.11. The lowest BCUT2D eigenvalue weighted by Crippen LogP contribution is -2.03. The molecule has 33 heavy (non-hydrogen) atoms. The Morgan fingerprint density at radius 1 is 0.667 bits per heavy atom. The fourth-order valence-corrected chi connectivity index (χ4v) is 3.89. The van der Waals surface area contributed by atoms with Gasteiger partial charge in [-0.25, -0.2) is 4.98 Å². The number of ether oxygens (including phenoxy) is 2. The molecule has 0 radical (unpaired) electrons. The minimum atomic E-state index is 0.543. The smallest absolute Gasteiger partial charge is 0.209 e. The first kappa shape index (κ1) is 22.8. The second-order valence-corrected chi connectivity index (χ2v) is 8.69. The van der Waals surface area contributed by atoms with Gasteiger partial charge in [0, 0.05) is 16.9 Å². The van der Waals surface area contributed by atoms with Gasteiger partial charge < -0.3 is 9.47 Å². The topological polar surface area (TPSA) is 57.1 Å². The van der Waals surface area contributed by atoms with Crippen LogP contribution in [0.1, 0.15) is 18.1 Å². The van der Waals surface area contributed by atoms with E-state index in [-0.39, 0.29) is 0 Å². The lowest BCUT2D eigenvalue weighted by atomic mass is 10.0. The molecular formula is C27H27N3O2S. The second kappa shape index (κ2) is 11.0. The van der Waals surface area contributed by atoms with Crippen molar-refractivity contribution in [3.05, 3.63) is 83.9 Å². The molecule has 0 amide bonds. The molecule has 0 aliphatic heterocycles. The van der Waals surface area contributed by atoms with E-state index in [4.69, 9.17) is 14.5 Å². The van der Waals surface area contributed by atoms with E-state index in [2.05, 4.69) is 72.6 Å². The van der Waals surface area contributed by atoms with E-state index >= 15 is 0 Å². The SMILES string of the molecule is CCOc1ccc(OCCSc2nnc(-c3ccc(C)cc3)c(-c3ccc(C)cc3)n2)cc1. The Morgan fingerprint density at radius 2 is 1.21 bits per heavy atom. The van der Waals surface area contributed by atoms with Crippen molar-refractivity contribution in [1.82, 2.24) is 15.2 Å². The fourth-order valence-electron chi connectivity index (χ4n) is 3.28. The van der Waals surface area contributed by atoms with E-state index in [1.165, 1.54) is 22.9 Å². The molecule has 0 atom stereocenters. The van der Waals surface area contributed by atoms with Crippen molar-refractivity contribution in [2.45, 2.75) is 25.9 Å². The van der Waals surface area contributed by atoms with Crippen LogP contribution in [-0.4, -0.2) is 34.1 Å². The van der Waals surface area contributed by atoms with Gasteiger partial charge in [-0.1, -0.05) is 71.4 Å². The summed E-state index contributed by atoms with van der Waals surface area (Å²) in [5.74, 6) is 2.37. The molecule has 0 saturated carbocycles. The standard InChI is InChI=1S/C27H27N3O2S/c1-4-31-23-13-15-24(16-14-23)32-17-18-33-27-28-25(21-9-5-19(2)6-10-21)26(29-30-27)22-11-7-20(3)8-12-22/h5-16H,4,17-18H2,1-3H3. The minimum absolute atomic E-state index is 0.543. The Labute approximate surface area is 199 Å². The Balaban J connectivity index is 1.47. The lowest BCUT2D eigenvalue weighted by Gasteiger charge is -2.10. The highest BCUT2D eigenvalue weighted by molar-refractivity contribution is 7.99. The van der Waals surface area contributed by atoms with Gasteiger partial charge in [0.05, 0.1) is 13.2 Å². The molecule has 0 spiro atoms. The van der Waals surface area contributed by atoms with Crippen LogP contribution in [0.4, 0.5) is 0 Å². The Bertz CT molecular complexity index is 1180. The van der Waals surface area contributed by atoms with Gasteiger partial charge in [0.25, 0.3) is 0 Å². The quantitative estimate of drug-likeness (QED) is 0.214. The van der Waals surface area contributed by atoms with Crippen molar-refractivity contribution in [3.8, 4) is 34.0 Å². The zero-order chi connectivity index (χ0) is 23.0. The van der Waals surface area contributed by atoms with Crippen LogP contribution >= 0.6 is 11.8 Å². The maximum Gasteiger partial charge on any atom is 0.209 e. The lowest BCUT2D eigenvalue weighted by molar-refractivity contribution is 0.332. The fraction of sp³-hybridized carbons (Fsp3) is 0.222. The zero-order valence-corrected chi connectivity index (χ0v) is 19.9. The number of aryl methyl sites for hydroxylation is 2. The summed E-state index contributed by atoms with van der Waals surface area (Å²) in [6, 6.07) is 24.3. The molecule has 1 heterocycles. The maximum absolute atomic E-state index is 5.84. The van der Waals surface area contributed by atoms with Crippen LogP contribution in [-0.2, 0) is 0 Å². The zero-order valence-electron chi connectivity index (χ0n) is 19.1. The number of thioether (sulfide) groups is 1. The van der Waals surface area contributed by atoms with Gasteiger partial charge in [-0.3, -0.25) is 0 Å². The molecule has 5 nitrogen and oxygen atoms in total. The van der Waals surface area contributed by atoms with E-state index in [1.807, 2.05) is 31.2 Å².